The minimum absolute atomic E-state index is 0.140. The lowest BCUT2D eigenvalue weighted by molar-refractivity contribution is 0.102. The molecule has 0 spiro atoms. The standard InChI is InChI=1S/C13H12N6O/c1-7(20)10-11-13(19(2)12(10)14)17-6-9(18-11)8-5-15-3-4-16-8/h3-6H,14H2,1-2H3. The Labute approximate surface area is 114 Å². The van der Waals surface area contributed by atoms with Gasteiger partial charge in [0.2, 0.25) is 0 Å². The number of ketones is 1. The molecule has 0 aliphatic heterocycles. The zero-order valence-corrected chi connectivity index (χ0v) is 11.0. The monoisotopic (exact) mass is 268 g/mol. The minimum atomic E-state index is -0.140. The number of nitrogens with two attached hydrogens (primary N) is 1. The van der Waals surface area contributed by atoms with Gasteiger partial charge in [-0.2, -0.15) is 0 Å². The Kier molecular flexibility index (Phi) is 2.67. The van der Waals surface area contributed by atoms with E-state index in [9.17, 15) is 4.79 Å². The Morgan fingerprint density at radius 2 is 2.00 bits per heavy atom. The predicted molar refractivity (Wildman–Crippen MR) is 74.0 cm³/mol. The van der Waals surface area contributed by atoms with E-state index in [-0.39, 0.29) is 5.78 Å². The molecule has 0 radical (unpaired) electrons. The SMILES string of the molecule is CC(=O)c1c(N)n(C)c2ncc(-c3cnccn3)nc12. The molecular formula is C13H12N6O. The molecule has 0 bridgehead atoms. The van der Waals surface area contributed by atoms with Gasteiger partial charge in [-0.3, -0.25) is 14.8 Å². The van der Waals surface area contributed by atoms with Crippen molar-refractivity contribution >= 4 is 22.8 Å². The molecule has 3 aromatic rings. The number of nitrogen functional groups attached to an aromatic ring is 1. The fourth-order valence-electron chi connectivity index (χ4n) is 2.10. The van der Waals surface area contributed by atoms with E-state index in [1.54, 1.807) is 36.4 Å². The van der Waals surface area contributed by atoms with E-state index >= 15 is 0 Å². The first-order chi connectivity index (χ1) is 9.59. The summed E-state index contributed by atoms with van der Waals surface area (Å²) in [6, 6.07) is 0. The second kappa shape index (κ2) is 4.37. The highest BCUT2D eigenvalue weighted by molar-refractivity contribution is 6.09. The quantitative estimate of drug-likeness (QED) is 0.701. The molecule has 3 aromatic heterocycles. The molecule has 7 nitrogen and oxygen atoms in total. The second-order valence-corrected chi connectivity index (χ2v) is 4.39. The lowest BCUT2D eigenvalue weighted by Crippen LogP contribution is -2.01. The summed E-state index contributed by atoms with van der Waals surface area (Å²) in [6.45, 7) is 1.46. The van der Waals surface area contributed by atoms with Crippen LogP contribution in [0.2, 0.25) is 0 Å². The fourth-order valence-corrected chi connectivity index (χ4v) is 2.10. The van der Waals surface area contributed by atoms with Crippen LogP contribution >= 0.6 is 0 Å². The summed E-state index contributed by atoms with van der Waals surface area (Å²) in [5.74, 6) is 0.225. The highest BCUT2D eigenvalue weighted by Gasteiger charge is 2.19. The summed E-state index contributed by atoms with van der Waals surface area (Å²) < 4.78 is 1.65. The van der Waals surface area contributed by atoms with E-state index in [1.165, 1.54) is 6.92 Å². The van der Waals surface area contributed by atoms with Crippen LogP contribution in [0, 0.1) is 0 Å². The van der Waals surface area contributed by atoms with Crippen LogP contribution in [0.5, 0.6) is 0 Å². The summed E-state index contributed by atoms with van der Waals surface area (Å²) in [4.78, 5) is 28.7. The molecular weight excluding hydrogens is 256 g/mol. The minimum Gasteiger partial charge on any atom is -0.384 e. The molecule has 0 saturated carbocycles. The molecule has 7 heteroatoms. The summed E-state index contributed by atoms with van der Waals surface area (Å²) in [5, 5.41) is 0. The topological polar surface area (TPSA) is 99.6 Å². The maximum atomic E-state index is 11.8. The van der Waals surface area contributed by atoms with Crippen molar-refractivity contribution in [3.8, 4) is 11.4 Å². The van der Waals surface area contributed by atoms with Crippen molar-refractivity contribution in [2.45, 2.75) is 6.92 Å². The maximum absolute atomic E-state index is 11.8. The summed E-state index contributed by atoms with van der Waals surface area (Å²) in [7, 11) is 1.75. The Morgan fingerprint density at radius 1 is 1.20 bits per heavy atom. The normalized spacial score (nSPS) is 10.9. The van der Waals surface area contributed by atoms with E-state index in [1.807, 2.05) is 0 Å². The first kappa shape index (κ1) is 12.2. The third-order valence-corrected chi connectivity index (χ3v) is 3.10. The van der Waals surface area contributed by atoms with E-state index in [4.69, 9.17) is 5.73 Å². The molecule has 0 amide bonds. The van der Waals surface area contributed by atoms with Crippen molar-refractivity contribution in [1.82, 2.24) is 24.5 Å². The number of rotatable bonds is 2. The molecule has 100 valence electrons. The average molecular weight is 268 g/mol. The number of hydrogen-bond donors (Lipinski definition) is 1. The van der Waals surface area contributed by atoms with Crippen LogP contribution in [0.4, 0.5) is 5.82 Å². The number of fused-ring (bicyclic) bond motifs is 1. The number of anilines is 1. The molecule has 0 fully saturated rings. The van der Waals surface area contributed by atoms with Gasteiger partial charge in [0.1, 0.15) is 22.7 Å². The van der Waals surface area contributed by atoms with Gasteiger partial charge < -0.3 is 10.3 Å². The van der Waals surface area contributed by atoms with Gasteiger partial charge in [-0.15, -0.1) is 0 Å². The molecule has 2 N–H and O–H groups in total. The van der Waals surface area contributed by atoms with Gasteiger partial charge >= 0.3 is 0 Å². The van der Waals surface area contributed by atoms with Crippen LogP contribution in [0.15, 0.2) is 24.8 Å². The smallest absolute Gasteiger partial charge is 0.165 e. The van der Waals surface area contributed by atoms with Crippen LogP contribution in [0.3, 0.4) is 0 Å². The molecule has 0 aromatic carbocycles. The van der Waals surface area contributed by atoms with Crippen molar-refractivity contribution in [2.24, 2.45) is 7.05 Å². The van der Waals surface area contributed by atoms with Crippen molar-refractivity contribution in [3.63, 3.8) is 0 Å². The lowest BCUT2D eigenvalue weighted by atomic mass is 10.2. The Hall–Kier alpha value is -2.83. The van der Waals surface area contributed by atoms with Crippen LogP contribution < -0.4 is 5.73 Å². The number of hydrogen-bond acceptors (Lipinski definition) is 6. The van der Waals surface area contributed by atoms with Crippen molar-refractivity contribution in [1.29, 1.82) is 0 Å². The first-order valence-corrected chi connectivity index (χ1v) is 5.98. The van der Waals surface area contributed by atoms with Gasteiger partial charge in [-0.05, 0) is 6.92 Å². The van der Waals surface area contributed by atoms with Crippen LogP contribution in [-0.2, 0) is 7.05 Å². The zero-order chi connectivity index (χ0) is 14.3. The molecule has 0 aliphatic carbocycles. The van der Waals surface area contributed by atoms with E-state index in [0.29, 0.717) is 33.9 Å². The average Bonchev–Trinajstić information content (AvgIpc) is 2.71. The summed E-state index contributed by atoms with van der Waals surface area (Å²) >= 11 is 0. The van der Waals surface area contributed by atoms with Gasteiger partial charge in [0.05, 0.1) is 18.0 Å². The fraction of sp³-hybridized carbons (Fsp3) is 0.154. The van der Waals surface area contributed by atoms with E-state index in [0.717, 1.165) is 0 Å². The largest absolute Gasteiger partial charge is 0.384 e. The Bertz CT molecular complexity index is 809. The number of carbonyl (C=O) groups excluding carboxylic acids is 1. The Balaban J connectivity index is 2.31. The molecule has 0 unspecified atom stereocenters. The molecule has 0 atom stereocenters. The number of Topliss-reactive ketones (excluding diaryl/α,β-unsaturated/α-hetero) is 1. The van der Waals surface area contributed by atoms with Crippen LogP contribution in [-0.4, -0.2) is 30.3 Å². The van der Waals surface area contributed by atoms with Gasteiger partial charge in [0.25, 0.3) is 0 Å². The van der Waals surface area contributed by atoms with Gasteiger partial charge in [-0.25, -0.2) is 9.97 Å². The number of nitrogens with zero attached hydrogens (tertiary/aromatic N) is 5. The summed E-state index contributed by atoms with van der Waals surface area (Å²) in [6.07, 6.45) is 6.34. The molecule has 20 heavy (non-hydrogen) atoms. The predicted octanol–water partition coefficient (Wildman–Crippen LogP) is 1.21. The van der Waals surface area contributed by atoms with Crippen molar-refractivity contribution < 1.29 is 4.79 Å². The van der Waals surface area contributed by atoms with Crippen LogP contribution in [0.1, 0.15) is 17.3 Å². The zero-order valence-electron chi connectivity index (χ0n) is 11.0. The van der Waals surface area contributed by atoms with Gasteiger partial charge in [0.15, 0.2) is 11.4 Å². The van der Waals surface area contributed by atoms with Gasteiger partial charge in [0, 0.05) is 19.4 Å². The van der Waals surface area contributed by atoms with Gasteiger partial charge in [-0.1, -0.05) is 0 Å². The third kappa shape index (κ3) is 1.71. The van der Waals surface area contributed by atoms with E-state index < -0.39 is 0 Å². The maximum Gasteiger partial charge on any atom is 0.165 e. The third-order valence-electron chi connectivity index (χ3n) is 3.10. The summed E-state index contributed by atoms with van der Waals surface area (Å²) in [5.41, 5.74) is 8.54. The number of aryl methyl sites for hydroxylation is 1. The van der Waals surface area contributed by atoms with Crippen molar-refractivity contribution in [3.05, 3.63) is 30.4 Å². The van der Waals surface area contributed by atoms with Crippen molar-refractivity contribution in [2.75, 3.05) is 5.73 Å². The Morgan fingerprint density at radius 3 is 2.65 bits per heavy atom. The molecule has 0 aliphatic rings. The molecule has 3 heterocycles. The van der Waals surface area contributed by atoms with E-state index in [2.05, 4.69) is 19.9 Å². The van der Waals surface area contributed by atoms with Crippen LogP contribution in [0.25, 0.3) is 22.6 Å². The highest BCUT2D eigenvalue weighted by atomic mass is 16.1. The number of aromatic nitrogens is 5. The first-order valence-electron chi connectivity index (χ1n) is 5.98. The second-order valence-electron chi connectivity index (χ2n) is 4.39. The molecule has 3 rings (SSSR count). The number of carbonyl (C=O) groups is 1. The lowest BCUT2D eigenvalue weighted by Gasteiger charge is -2.00. The molecule has 0 saturated heterocycles. The highest BCUT2D eigenvalue weighted by Crippen LogP contribution is 2.26.